The maximum Gasteiger partial charge on any atom is 0.573 e. The Morgan fingerprint density at radius 1 is 1.28 bits per heavy atom. The molecular formula is C11H12F3NO2S. The van der Waals surface area contributed by atoms with Crippen molar-refractivity contribution >= 4 is 11.0 Å². The van der Waals surface area contributed by atoms with Gasteiger partial charge >= 0.3 is 6.36 Å². The fraction of sp³-hybridized carbons (Fsp3) is 0.455. The van der Waals surface area contributed by atoms with Gasteiger partial charge in [-0.25, -0.2) is 8.93 Å². The number of alkyl halides is 3. The standard InChI is InChI=1S/C11H12F3NO2S/c12-11(13,14)17-9-3-5-10(6-4-9)18(16)15-7-8-1-2-8/h3-6,8,15H,1-2,7H2. The molecule has 1 N–H and O–H groups in total. The lowest BCUT2D eigenvalue weighted by molar-refractivity contribution is -0.274. The largest absolute Gasteiger partial charge is 0.573 e. The lowest BCUT2D eigenvalue weighted by Crippen LogP contribution is -2.20. The minimum atomic E-state index is -4.70. The molecule has 0 heterocycles. The second-order valence-corrected chi connectivity index (χ2v) is 5.38. The molecule has 1 aromatic carbocycles. The second-order valence-electron chi connectivity index (χ2n) is 4.08. The van der Waals surface area contributed by atoms with E-state index in [1.54, 1.807) is 0 Å². The van der Waals surface area contributed by atoms with Crippen LogP contribution in [0, 0.1) is 5.92 Å². The Bertz CT molecular complexity index is 429. The predicted molar refractivity (Wildman–Crippen MR) is 60.3 cm³/mol. The number of halogens is 3. The minimum Gasteiger partial charge on any atom is -0.406 e. The highest BCUT2D eigenvalue weighted by Gasteiger charge is 2.31. The molecular weight excluding hydrogens is 267 g/mol. The molecule has 18 heavy (non-hydrogen) atoms. The summed E-state index contributed by atoms with van der Waals surface area (Å²) in [6, 6.07) is 5.02. The van der Waals surface area contributed by atoms with Gasteiger partial charge < -0.3 is 4.74 Å². The van der Waals surface area contributed by atoms with E-state index in [2.05, 4.69) is 9.46 Å². The summed E-state index contributed by atoms with van der Waals surface area (Å²) in [5.41, 5.74) is 0. The third-order valence-electron chi connectivity index (χ3n) is 2.47. The van der Waals surface area contributed by atoms with Crippen LogP contribution in [0.15, 0.2) is 29.2 Å². The Balaban J connectivity index is 1.91. The van der Waals surface area contributed by atoms with Crippen molar-refractivity contribution in [1.82, 2.24) is 4.72 Å². The highest BCUT2D eigenvalue weighted by Crippen LogP contribution is 2.28. The van der Waals surface area contributed by atoms with E-state index < -0.39 is 17.3 Å². The zero-order valence-corrected chi connectivity index (χ0v) is 10.2. The van der Waals surface area contributed by atoms with Crippen LogP contribution in [0.2, 0.25) is 0 Å². The van der Waals surface area contributed by atoms with Crippen LogP contribution < -0.4 is 9.46 Å². The Kier molecular flexibility index (Phi) is 3.91. The first-order valence-corrected chi connectivity index (χ1v) is 6.60. The lowest BCUT2D eigenvalue weighted by Gasteiger charge is -2.09. The molecule has 7 heteroatoms. The predicted octanol–water partition coefficient (Wildman–Crippen LogP) is 2.61. The fourth-order valence-electron chi connectivity index (χ4n) is 1.36. The molecule has 0 radical (unpaired) electrons. The monoisotopic (exact) mass is 279 g/mol. The first-order valence-electron chi connectivity index (χ1n) is 5.45. The van der Waals surface area contributed by atoms with Crippen molar-refractivity contribution < 1.29 is 22.1 Å². The van der Waals surface area contributed by atoms with Crippen molar-refractivity contribution in [3.63, 3.8) is 0 Å². The van der Waals surface area contributed by atoms with E-state index in [1.165, 1.54) is 12.1 Å². The molecule has 1 aromatic rings. The van der Waals surface area contributed by atoms with Crippen LogP contribution in [0.5, 0.6) is 5.75 Å². The Morgan fingerprint density at radius 3 is 2.39 bits per heavy atom. The minimum absolute atomic E-state index is 0.314. The van der Waals surface area contributed by atoms with E-state index in [0.29, 0.717) is 17.4 Å². The summed E-state index contributed by atoms with van der Waals surface area (Å²) in [6.07, 6.45) is -2.42. The normalized spacial score (nSPS) is 17.5. The van der Waals surface area contributed by atoms with Crippen LogP contribution in [-0.4, -0.2) is 17.1 Å². The van der Waals surface area contributed by atoms with Gasteiger partial charge in [0.1, 0.15) is 16.7 Å². The zero-order chi connectivity index (χ0) is 13.2. The summed E-state index contributed by atoms with van der Waals surface area (Å²) in [6.45, 7) is 0.674. The van der Waals surface area contributed by atoms with E-state index in [0.717, 1.165) is 25.0 Å². The van der Waals surface area contributed by atoms with Crippen LogP contribution in [0.4, 0.5) is 13.2 Å². The van der Waals surface area contributed by atoms with E-state index >= 15 is 0 Å². The number of benzene rings is 1. The van der Waals surface area contributed by atoms with Crippen LogP contribution in [0.25, 0.3) is 0 Å². The fourth-order valence-corrected chi connectivity index (χ4v) is 2.30. The number of rotatable bonds is 5. The molecule has 0 amide bonds. The van der Waals surface area contributed by atoms with Gasteiger partial charge in [0.15, 0.2) is 0 Å². The van der Waals surface area contributed by atoms with E-state index in [4.69, 9.17) is 0 Å². The molecule has 2 rings (SSSR count). The van der Waals surface area contributed by atoms with Gasteiger partial charge in [0.2, 0.25) is 0 Å². The highest BCUT2D eigenvalue weighted by molar-refractivity contribution is 7.83. The van der Waals surface area contributed by atoms with E-state index in [-0.39, 0.29) is 5.75 Å². The molecule has 1 aliphatic carbocycles. The van der Waals surface area contributed by atoms with Gasteiger partial charge in [-0.2, -0.15) is 0 Å². The van der Waals surface area contributed by atoms with Crippen molar-refractivity contribution in [3.05, 3.63) is 24.3 Å². The average Bonchev–Trinajstić information content (AvgIpc) is 3.08. The molecule has 100 valence electrons. The van der Waals surface area contributed by atoms with Crippen molar-refractivity contribution in [2.45, 2.75) is 24.1 Å². The third-order valence-corrected chi connectivity index (χ3v) is 3.60. The summed E-state index contributed by atoms with van der Waals surface area (Å²) in [7, 11) is -1.38. The summed E-state index contributed by atoms with van der Waals surface area (Å²) < 4.78 is 54.0. The van der Waals surface area contributed by atoms with Gasteiger partial charge in [-0.1, -0.05) is 0 Å². The van der Waals surface area contributed by atoms with Gasteiger partial charge in [0.25, 0.3) is 0 Å². The maximum atomic E-state index is 11.9. The van der Waals surface area contributed by atoms with Gasteiger partial charge in [-0.15, -0.1) is 13.2 Å². The molecule has 0 saturated heterocycles. The summed E-state index contributed by atoms with van der Waals surface area (Å²) in [4.78, 5) is 0.435. The SMILES string of the molecule is O=S(NCC1CC1)c1ccc(OC(F)(F)F)cc1. The maximum absolute atomic E-state index is 11.9. The Morgan fingerprint density at radius 2 is 1.89 bits per heavy atom. The van der Waals surface area contributed by atoms with E-state index in [1.807, 2.05) is 0 Å². The second kappa shape index (κ2) is 5.27. The highest BCUT2D eigenvalue weighted by atomic mass is 32.2. The van der Waals surface area contributed by atoms with Crippen molar-refractivity contribution in [3.8, 4) is 5.75 Å². The first-order chi connectivity index (χ1) is 8.44. The number of nitrogens with one attached hydrogen (secondary N) is 1. The quantitative estimate of drug-likeness (QED) is 0.899. The zero-order valence-electron chi connectivity index (χ0n) is 9.37. The van der Waals surface area contributed by atoms with Crippen LogP contribution in [-0.2, 0) is 11.0 Å². The number of ether oxygens (including phenoxy) is 1. The average molecular weight is 279 g/mol. The molecule has 0 aliphatic heterocycles. The molecule has 1 saturated carbocycles. The van der Waals surface area contributed by atoms with Gasteiger partial charge in [0, 0.05) is 6.54 Å². The molecule has 3 nitrogen and oxygen atoms in total. The van der Waals surface area contributed by atoms with Crippen LogP contribution >= 0.6 is 0 Å². The lowest BCUT2D eigenvalue weighted by atomic mass is 10.3. The van der Waals surface area contributed by atoms with Gasteiger partial charge in [-0.3, -0.25) is 0 Å². The van der Waals surface area contributed by atoms with E-state index in [9.17, 15) is 17.4 Å². The van der Waals surface area contributed by atoms with Crippen molar-refractivity contribution in [2.24, 2.45) is 5.92 Å². The topological polar surface area (TPSA) is 38.3 Å². The molecule has 0 aromatic heterocycles. The smallest absolute Gasteiger partial charge is 0.406 e. The van der Waals surface area contributed by atoms with Crippen LogP contribution in [0.3, 0.4) is 0 Å². The van der Waals surface area contributed by atoms with Gasteiger partial charge in [0.05, 0.1) is 4.90 Å². The van der Waals surface area contributed by atoms with Crippen LogP contribution in [0.1, 0.15) is 12.8 Å². The molecule has 1 atom stereocenters. The summed E-state index contributed by atoms with van der Waals surface area (Å²) in [5, 5.41) is 0. The summed E-state index contributed by atoms with van der Waals surface area (Å²) >= 11 is 0. The third kappa shape index (κ3) is 4.30. The molecule has 1 aliphatic rings. The van der Waals surface area contributed by atoms with Crippen molar-refractivity contribution in [2.75, 3.05) is 6.54 Å². The number of hydrogen-bond acceptors (Lipinski definition) is 2. The summed E-state index contributed by atoms with van der Waals surface area (Å²) in [5.74, 6) is 0.271. The Hall–Kier alpha value is -1.08. The first kappa shape index (κ1) is 13.4. The van der Waals surface area contributed by atoms with Crippen molar-refractivity contribution in [1.29, 1.82) is 0 Å². The molecule has 0 bridgehead atoms. The van der Waals surface area contributed by atoms with Gasteiger partial charge in [-0.05, 0) is 43.0 Å². The molecule has 0 spiro atoms. The Labute approximate surface area is 105 Å². The number of hydrogen-bond donors (Lipinski definition) is 1. The molecule has 1 fully saturated rings. The molecule has 1 unspecified atom stereocenters.